The Balaban J connectivity index is 2.01. The Labute approximate surface area is 156 Å². The van der Waals surface area contributed by atoms with E-state index in [4.69, 9.17) is 13.9 Å². The first-order valence-electron chi connectivity index (χ1n) is 8.42. The first kappa shape index (κ1) is 18.3. The van der Waals surface area contributed by atoms with Crippen molar-refractivity contribution in [3.63, 3.8) is 0 Å². The van der Waals surface area contributed by atoms with Crippen molar-refractivity contribution in [2.45, 2.75) is 13.3 Å². The molecule has 7 nitrogen and oxygen atoms in total. The SMILES string of the molecule is CCC(=O)Nc1c(C(=O)Nc2cc(OC)ccc2OC)oc2ccccc12. The van der Waals surface area contributed by atoms with Gasteiger partial charge in [-0.3, -0.25) is 9.59 Å². The fraction of sp³-hybridized carbons (Fsp3) is 0.200. The lowest BCUT2D eigenvalue weighted by molar-refractivity contribution is -0.115. The number of carbonyl (C=O) groups is 2. The van der Waals surface area contributed by atoms with Gasteiger partial charge in [0, 0.05) is 17.9 Å². The summed E-state index contributed by atoms with van der Waals surface area (Å²) in [5, 5.41) is 6.16. The van der Waals surface area contributed by atoms with E-state index < -0.39 is 5.91 Å². The van der Waals surface area contributed by atoms with Crippen LogP contribution in [0.4, 0.5) is 11.4 Å². The Morgan fingerprint density at radius 2 is 1.81 bits per heavy atom. The van der Waals surface area contributed by atoms with Crippen molar-refractivity contribution in [1.82, 2.24) is 0 Å². The van der Waals surface area contributed by atoms with E-state index in [0.29, 0.717) is 33.8 Å². The number of nitrogens with one attached hydrogen (secondary N) is 2. The van der Waals surface area contributed by atoms with Gasteiger partial charge >= 0.3 is 0 Å². The molecule has 0 atom stereocenters. The molecule has 0 radical (unpaired) electrons. The Morgan fingerprint density at radius 1 is 1.04 bits per heavy atom. The number of benzene rings is 2. The fourth-order valence-electron chi connectivity index (χ4n) is 2.65. The number of carbonyl (C=O) groups excluding carboxylic acids is 2. The van der Waals surface area contributed by atoms with E-state index in [0.717, 1.165) is 0 Å². The summed E-state index contributed by atoms with van der Waals surface area (Å²) in [4.78, 5) is 24.8. The van der Waals surface area contributed by atoms with Crippen LogP contribution in [0.3, 0.4) is 0 Å². The van der Waals surface area contributed by atoms with Gasteiger partial charge in [0.05, 0.1) is 19.9 Å². The van der Waals surface area contributed by atoms with E-state index in [-0.39, 0.29) is 18.1 Å². The first-order valence-corrected chi connectivity index (χ1v) is 8.42. The lowest BCUT2D eigenvalue weighted by atomic mass is 10.2. The number of amides is 2. The molecule has 3 rings (SSSR count). The molecular weight excluding hydrogens is 348 g/mol. The summed E-state index contributed by atoms with van der Waals surface area (Å²) in [7, 11) is 3.04. The first-order chi connectivity index (χ1) is 13.1. The lowest BCUT2D eigenvalue weighted by Gasteiger charge is -2.11. The number of anilines is 2. The molecule has 1 heterocycles. The number of para-hydroxylation sites is 1. The highest BCUT2D eigenvalue weighted by Crippen LogP contribution is 2.33. The summed E-state index contributed by atoms with van der Waals surface area (Å²) in [6.07, 6.45) is 0.282. The number of methoxy groups -OCH3 is 2. The van der Waals surface area contributed by atoms with Crippen LogP contribution >= 0.6 is 0 Å². The summed E-state index contributed by atoms with van der Waals surface area (Å²) in [5.74, 6) is 0.330. The monoisotopic (exact) mass is 368 g/mol. The van der Waals surface area contributed by atoms with E-state index in [1.807, 2.05) is 6.07 Å². The molecule has 0 aliphatic heterocycles. The fourth-order valence-corrected chi connectivity index (χ4v) is 2.65. The van der Waals surface area contributed by atoms with Gasteiger partial charge in [-0.1, -0.05) is 19.1 Å². The molecule has 0 saturated heterocycles. The Kier molecular flexibility index (Phi) is 5.30. The molecule has 1 aromatic heterocycles. The molecule has 0 saturated carbocycles. The van der Waals surface area contributed by atoms with Gasteiger partial charge in [-0.25, -0.2) is 0 Å². The van der Waals surface area contributed by atoms with Crippen LogP contribution in [0, 0.1) is 0 Å². The quantitative estimate of drug-likeness (QED) is 0.685. The Morgan fingerprint density at radius 3 is 2.52 bits per heavy atom. The van der Waals surface area contributed by atoms with Crippen LogP contribution in [0.1, 0.15) is 23.9 Å². The average Bonchev–Trinajstić information content (AvgIpc) is 3.06. The molecule has 2 amide bonds. The second-order valence-corrected chi connectivity index (χ2v) is 5.72. The van der Waals surface area contributed by atoms with Gasteiger partial charge in [0.2, 0.25) is 11.7 Å². The van der Waals surface area contributed by atoms with Crippen molar-refractivity contribution in [3.8, 4) is 11.5 Å². The van der Waals surface area contributed by atoms with Crippen molar-refractivity contribution in [1.29, 1.82) is 0 Å². The highest BCUT2D eigenvalue weighted by atomic mass is 16.5. The molecule has 0 unspecified atom stereocenters. The zero-order valence-electron chi connectivity index (χ0n) is 15.3. The normalized spacial score (nSPS) is 10.5. The second kappa shape index (κ2) is 7.82. The van der Waals surface area contributed by atoms with Crippen LogP contribution in [0.25, 0.3) is 11.0 Å². The van der Waals surface area contributed by atoms with Gasteiger partial charge in [0.1, 0.15) is 22.8 Å². The van der Waals surface area contributed by atoms with Crippen molar-refractivity contribution in [2.24, 2.45) is 0 Å². The van der Waals surface area contributed by atoms with Gasteiger partial charge < -0.3 is 24.5 Å². The predicted octanol–water partition coefficient (Wildman–Crippen LogP) is 4.05. The molecule has 3 aromatic rings. The maximum absolute atomic E-state index is 12.9. The van der Waals surface area contributed by atoms with E-state index >= 15 is 0 Å². The third-order valence-corrected chi connectivity index (χ3v) is 4.04. The van der Waals surface area contributed by atoms with Crippen LogP contribution in [-0.4, -0.2) is 26.0 Å². The van der Waals surface area contributed by atoms with Crippen LogP contribution in [0.5, 0.6) is 11.5 Å². The highest BCUT2D eigenvalue weighted by Gasteiger charge is 2.23. The summed E-state index contributed by atoms with van der Waals surface area (Å²) in [6, 6.07) is 12.2. The molecule has 7 heteroatoms. The van der Waals surface area contributed by atoms with Crippen LogP contribution in [0.2, 0.25) is 0 Å². The average molecular weight is 368 g/mol. The molecule has 0 aliphatic rings. The van der Waals surface area contributed by atoms with Crippen molar-refractivity contribution >= 4 is 34.2 Å². The van der Waals surface area contributed by atoms with Gasteiger partial charge in [-0.15, -0.1) is 0 Å². The zero-order chi connectivity index (χ0) is 19.4. The molecule has 0 bridgehead atoms. The minimum atomic E-state index is -0.510. The van der Waals surface area contributed by atoms with Crippen molar-refractivity contribution in [2.75, 3.05) is 24.9 Å². The second-order valence-electron chi connectivity index (χ2n) is 5.72. The molecule has 27 heavy (non-hydrogen) atoms. The number of hydrogen-bond acceptors (Lipinski definition) is 5. The van der Waals surface area contributed by atoms with Crippen LogP contribution in [-0.2, 0) is 4.79 Å². The molecule has 140 valence electrons. The van der Waals surface area contributed by atoms with E-state index in [9.17, 15) is 9.59 Å². The largest absolute Gasteiger partial charge is 0.497 e. The minimum absolute atomic E-state index is 0.0165. The highest BCUT2D eigenvalue weighted by molar-refractivity contribution is 6.14. The topological polar surface area (TPSA) is 89.8 Å². The van der Waals surface area contributed by atoms with Crippen LogP contribution in [0.15, 0.2) is 46.9 Å². The van der Waals surface area contributed by atoms with Crippen molar-refractivity contribution in [3.05, 3.63) is 48.2 Å². The summed E-state index contributed by atoms with van der Waals surface area (Å²) in [6.45, 7) is 1.73. The minimum Gasteiger partial charge on any atom is -0.497 e. The summed E-state index contributed by atoms with van der Waals surface area (Å²) >= 11 is 0. The molecule has 2 aromatic carbocycles. The van der Waals surface area contributed by atoms with E-state index in [1.54, 1.807) is 43.3 Å². The summed E-state index contributed by atoms with van der Waals surface area (Å²) in [5.41, 5.74) is 1.28. The maximum atomic E-state index is 12.9. The third-order valence-electron chi connectivity index (χ3n) is 4.04. The Bertz CT molecular complexity index is 993. The molecule has 0 fully saturated rings. The van der Waals surface area contributed by atoms with E-state index in [1.165, 1.54) is 14.2 Å². The van der Waals surface area contributed by atoms with Gasteiger partial charge in [-0.2, -0.15) is 0 Å². The Hall–Kier alpha value is -3.48. The molecule has 0 spiro atoms. The number of hydrogen-bond donors (Lipinski definition) is 2. The molecule has 2 N–H and O–H groups in total. The summed E-state index contributed by atoms with van der Waals surface area (Å²) < 4.78 is 16.2. The lowest BCUT2D eigenvalue weighted by Crippen LogP contribution is -2.16. The van der Waals surface area contributed by atoms with Gasteiger partial charge in [0.25, 0.3) is 5.91 Å². The molecule has 0 aliphatic carbocycles. The van der Waals surface area contributed by atoms with Gasteiger partial charge in [0.15, 0.2) is 0 Å². The standard InChI is InChI=1S/C20H20N2O5/c1-4-17(23)22-18-13-7-5-6-8-15(13)27-19(18)20(24)21-14-11-12(25-2)9-10-16(14)26-3/h5-11H,4H2,1-3H3,(H,21,24)(H,22,23). The van der Waals surface area contributed by atoms with E-state index in [2.05, 4.69) is 10.6 Å². The zero-order valence-corrected chi connectivity index (χ0v) is 15.3. The predicted molar refractivity (Wildman–Crippen MR) is 103 cm³/mol. The molecular formula is C20H20N2O5. The smallest absolute Gasteiger partial charge is 0.293 e. The maximum Gasteiger partial charge on any atom is 0.293 e. The van der Waals surface area contributed by atoms with Crippen LogP contribution < -0.4 is 20.1 Å². The number of fused-ring (bicyclic) bond motifs is 1. The number of furan rings is 1. The third kappa shape index (κ3) is 3.72. The van der Waals surface area contributed by atoms with Gasteiger partial charge in [-0.05, 0) is 24.3 Å². The number of rotatable bonds is 6. The van der Waals surface area contributed by atoms with Crippen molar-refractivity contribution < 1.29 is 23.5 Å². The number of ether oxygens (including phenoxy) is 2.